The first-order valence-electron chi connectivity index (χ1n) is 11.9. The fourth-order valence-electron chi connectivity index (χ4n) is 4.43. The molecule has 0 radical (unpaired) electrons. The van der Waals surface area contributed by atoms with Crippen molar-refractivity contribution < 1.29 is 23.9 Å². The zero-order valence-corrected chi connectivity index (χ0v) is 20.1. The van der Waals surface area contributed by atoms with Gasteiger partial charge in [-0.1, -0.05) is 72.8 Å². The topological polar surface area (TPSA) is 92.8 Å². The lowest BCUT2D eigenvalue weighted by Crippen LogP contribution is -2.48. The minimum Gasteiger partial charge on any atom is -0.451 e. The van der Waals surface area contributed by atoms with Crippen molar-refractivity contribution in [1.82, 2.24) is 4.90 Å². The smallest absolute Gasteiger partial charge is 0.330 e. The Hall–Kier alpha value is -4.78. The molecule has 1 heterocycles. The van der Waals surface area contributed by atoms with Crippen LogP contribution >= 0.6 is 0 Å². The lowest BCUT2D eigenvalue weighted by atomic mass is 10.0. The highest BCUT2D eigenvalue weighted by Gasteiger charge is 2.44. The summed E-state index contributed by atoms with van der Waals surface area (Å²) < 4.78 is 5.52. The molecule has 0 fully saturated rings. The van der Waals surface area contributed by atoms with Gasteiger partial charge in [-0.15, -0.1) is 0 Å². The third-order valence-electron chi connectivity index (χ3n) is 6.36. The van der Waals surface area contributed by atoms with E-state index in [1.54, 1.807) is 54.6 Å². The minimum absolute atomic E-state index is 0.0597. The van der Waals surface area contributed by atoms with E-state index in [0.717, 1.165) is 21.2 Å². The number of rotatable bonds is 7. The minimum atomic E-state index is -1.23. The van der Waals surface area contributed by atoms with Crippen LogP contribution in [-0.4, -0.2) is 40.7 Å². The number of carbonyl (C=O) groups excluding carboxylic acids is 4. The molecule has 37 heavy (non-hydrogen) atoms. The van der Waals surface area contributed by atoms with Crippen LogP contribution in [0.4, 0.5) is 5.69 Å². The monoisotopic (exact) mass is 492 g/mol. The van der Waals surface area contributed by atoms with Gasteiger partial charge in [-0.25, -0.2) is 4.79 Å². The molecule has 1 N–H and O–H groups in total. The second kappa shape index (κ2) is 10.1. The van der Waals surface area contributed by atoms with Crippen LogP contribution in [0.5, 0.6) is 0 Å². The van der Waals surface area contributed by atoms with Gasteiger partial charge in [0.05, 0.1) is 11.1 Å². The molecule has 7 heteroatoms. The Balaban J connectivity index is 1.35. The molecule has 0 bridgehead atoms. The number of hydrogen-bond acceptors (Lipinski definition) is 5. The van der Waals surface area contributed by atoms with E-state index in [4.69, 9.17) is 4.74 Å². The summed E-state index contributed by atoms with van der Waals surface area (Å²) in [6.45, 7) is 1.45. The largest absolute Gasteiger partial charge is 0.451 e. The van der Waals surface area contributed by atoms with Crippen molar-refractivity contribution in [3.8, 4) is 0 Å². The molecule has 0 aromatic heterocycles. The lowest BCUT2D eigenvalue weighted by Gasteiger charge is -2.26. The van der Waals surface area contributed by atoms with E-state index in [1.807, 2.05) is 42.5 Å². The number of esters is 1. The van der Waals surface area contributed by atoms with Crippen LogP contribution in [0.25, 0.3) is 10.8 Å². The van der Waals surface area contributed by atoms with Crippen LogP contribution in [0.15, 0.2) is 97.1 Å². The van der Waals surface area contributed by atoms with Gasteiger partial charge in [0, 0.05) is 12.1 Å². The van der Waals surface area contributed by atoms with Gasteiger partial charge in [-0.2, -0.15) is 0 Å². The maximum Gasteiger partial charge on any atom is 0.330 e. The Morgan fingerprint density at radius 1 is 0.784 bits per heavy atom. The van der Waals surface area contributed by atoms with E-state index >= 15 is 0 Å². The fraction of sp³-hybridized carbons (Fsp3) is 0.133. The number of fused-ring (bicyclic) bond motifs is 2. The fourth-order valence-corrected chi connectivity index (χ4v) is 4.43. The van der Waals surface area contributed by atoms with E-state index in [1.165, 1.54) is 6.92 Å². The summed E-state index contributed by atoms with van der Waals surface area (Å²) in [5, 5.41) is 4.75. The molecule has 0 unspecified atom stereocenters. The molecule has 1 aliphatic heterocycles. The number of hydrogen-bond donors (Lipinski definition) is 1. The first-order chi connectivity index (χ1) is 17.9. The van der Waals surface area contributed by atoms with Crippen LogP contribution in [0, 0.1) is 0 Å². The van der Waals surface area contributed by atoms with E-state index in [9.17, 15) is 19.2 Å². The average Bonchev–Trinajstić information content (AvgIpc) is 3.17. The first kappa shape index (κ1) is 23.9. The van der Waals surface area contributed by atoms with Gasteiger partial charge in [-0.3, -0.25) is 19.3 Å². The van der Waals surface area contributed by atoms with Gasteiger partial charge >= 0.3 is 5.97 Å². The van der Waals surface area contributed by atoms with Gasteiger partial charge in [0.15, 0.2) is 6.10 Å². The second-order valence-corrected chi connectivity index (χ2v) is 8.86. The number of carbonyl (C=O) groups is 4. The maximum atomic E-state index is 13.4. The Labute approximate surface area is 213 Å². The van der Waals surface area contributed by atoms with Crippen molar-refractivity contribution in [2.24, 2.45) is 0 Å². The number of imide groups is 1. The number of ether oxygens (including phenoxy) is 1. The molecule has 4 aromatic rings. The quantitative estimate of drug-likeness (QED) is 0.300. The van der Waals surface area contributed by atoms with Crippen LogP contribution in [0.1, 0.15) is 33.2 Å². The molecule has 0 saturated carbocycles. The predicted molar refractivity (Wildman–Crippen MR) is 139 cm³/mol. The summed E-state index contributed by atoms with van der Waals surface area (Å²) in [5.41, 5.74) is 1.78. The summed E-state index contributed by atoms with van der Waals surface area (Å²) in [7, 11) is 0. The molecule has 4 aromatic carbocycles. The van der Waals surface area contributed by atoms with Gasteiger partial charge in [-0.05, 0) is 47.5 Å². The zero-order chi connectivity index (χ0) is 25.9. The third-order valence-corrected chi connectivity index (χ3v) is 6.36. The summed E-state index contributed by atoms with van der Waals surface area (Å²) in [5.74, 6) is -2.48. The molecule has 184 valence electrons. The van der Waals surface area contributed by atoms with E-state index in [-0.39, 0.29) is 17.5 Å². The van der Waals surface area contributed by atoms with Crippen molar-refractivity contribution in [3.05, 3.63) is 114 Å². The summed E-state index contributed by atoms with van der Waals surface area (Å²) in [6, 6.07) is 27.5. The number of benzene rings is 4. The Morgan fingerprint density at radius 2 is 1.38 bits per heavy atom. The zero-order valence-electron chi connectivity index (χ0n) is 20.1. The predicted octanol–water partition coefficient (Wildman–Crippen LogP) is 4.62. The molecular formula is C30H24N2O5. The highest BCUT2D eigenvalue weighted by molar-refractivity contribution is 6.22. The van der Waals surface area contributed by atoms with E-state index in [2.05, 4.69) is 5.32 Å². The van der Waals surface area contributed by atoms with Crippen LogP contribution in [0.2, 0.25) is 0 Å². The molecule has 1 aliphatic rings. The molecule has 3 amide bonds. The number of nitrogens with one attached hydrogen (secondary N) is 1. The first-order valence-corrected chi connectivity index (χ1v) is 11.9. The van der Waals surface area contributed by atoms with Crippen molar-refractivity contribution in [3.63, 3.8) is 0 Å². The van der Waals surface area contributed by atoms with Crippen LogP contribution in [-0.2, 0) is 20.7 Å². The number of anilines is 1. The van der Waals surface area contributed by atoms with Crippen molar-refractivity contribution in [2.75, 3.05) is 5.32 Å². The highest BCUT2D eigenvalue weighted by atomic mass is 16.5. The lowest BCUT2D eigenvalue weighted by molar-refractivity contribution is -0.157. The molecule has 2 atom stereocenters. The Bertz CT molecular complexity index is 1480. The maximum absolute atomic E-state index is 13.4. The Kier molecular flexibility index (Phi) is 6.51. The van der Waals surface area contributed by atoms with Crippen molar-refractivity contribution >= 4 is 40.2 Å². The van der Waals surface area contributed by atoms with Gasteiger partial charge in [0.25, 0.3) is 17.7 Å². The summed E-state index contributed by atoms with van der Waals surface area (Å²) in [4.78, 5) is 53.4. The van der Waals surface area contributed by atoms with Gasteiger partial charge in [0.2, 0.25) is 0 Å². The third kappa shape index (κ3) is 4.84. The molecule has 0 saturated heterocycles. The second-order valence-electron chi connectivity index (χ2n) is 8.86. The normalized spacial score (nSPS) is 14.2. The molecule has 0 spiro atoms. The van der Waals surface area contributed by atoms with E-state index < -0.39 is 35.8 Å². The molecule has 0 aliphatic carbocycles. The van der Waals surface area contributed by atoms with Crippen LogP contribution < -0.4 is 5.32 Å². The van der Waals surface area contributed by atoms with E-state index in [0.29, 0.717) is 5.69 Å². The van der Waals surface area contributed by atoms with Crippen LogP contribution in [0.3, 0.4) is 0 Å². The summed E-state index contributed by atoms with van der Waals surface area (Å²) >= 11 is 0. The van der Waals surface area contributed by atoms with Gasteiger partial charge < -0.3 is 10.1 Å². The van der Waals surface area contributed by atoms with Crippen molar-refractivity contribution in [1.29, 1.82) is 0 Å². The Morgan fingerprint density at radius 3 is 2.05 bits per heavy atom. The summed E-state index contributed by atoms with van der Waals surface area (Å²) in [6.07, 6.45) is -1.10. The molecular weight excluding hydrogens is 468 g/mol. The SMILES string of the molecule is C[C@@H](OC(=O)[C@@H](Cc1ccccc1)N1C(=O)c2ccccc2C1=O)C(=O)Nc1ccc2ccccc2c1. The molecule has 7 nitrogen and oxygen atoms in total. The number of nitrogens with zero attached hydrogens (tertiary/aromatic N) is 1. The average molecular weight is 493 g/mol. The molecule has 5 rings (SSSR count). The standard InChI is InChI=1S/C30H24N2O5/c1-19(27(33)31-23-16-15-21-11-5-6-12-22(21)18-23)37-30(36)26(17-20-9-3-2-4-10-20)32-28(34)24-13-7-8-14-25(24)29(32)35/h2-16,18-19,26H,17H2,1H3,(H,31,33)/t19-,26-/m1/s1. The van der Waals surface area contributed by atoms with Gasteiger partial charge in [0.1, 0.15) is 6.04 Å². The van der Waals surface area contributed by atoms with Crippen molar-refractivity contribution in [2.45, 2.75) is 25.5 Å². The highest BCUT2D eigenvalue weighted by Crippen LogP contribution is 2.27. The number of amides is 3.